The van der Waals surface area contributed by atoms with E-state index in [1.165, 1.54) is 0 Å². The Balaban J connectivity index is 2.07. The number of amides is 1. The maximum atomic E-state index is 12.3. The van der Waals surface area contributed by atoms with Crippen molar-refractivity contribution in [3.63, 3.8) is 0 Å². The molecule has 0 atom stereocenters. The van der Waals surface area contributed by atoms with Crippen LogP contribution in [0.2, 0.25) is 0 Å². The summed E-state index contributed by atoms with van der Waals surface area (Å²) in [6, 6.07) is 13.1. The molecule has 2 rings (SSSR count). The first kappa shape index (κ1) is 15.1. The van der Waals surface area contributed by atoms with Crippen LogP contribution in [0.3, 0.4) is 0 Å². The monoisotopic (exact) mass is 284 g/mol. The van der Waals surface area contributed by atoms with Crippen molar-refractivity contribution in [3.8, 4) is 5.75 Å². The van der Waals surface area contributed by atoms with Gasteiger partial charge >= 0.3 is 0 Å². The quantitative estimate of drug-likeness (QED) is 0.887. The number of aryl methyl sites for hydroxylation is 2. The number of rotatable bonds is 5. The Kier molecular flexibility index (Phi) is 4.95. The van der Waals surface area contributed by atoms with Crippen molar-refractivity contribution >= 4 is 11.6 Å². The molecular formula is C17H20N2O2. The van der Waals surface area contributed by atoms with Crippen molar-refractivity contribution in [2.45, 2.75) is 13.8 Å². The number of hydrogen-bond acceptors (Lipinski definition) is 3. The Labute approximate surface area is 124 Å². The lowest BCUT2D eigenvalue weighted by Crippen LogP contribution is -2.13. The van der Waals surface area contributed by atoms with Gasteiger partial charge in [0.15, 0.2) is 0 Å². The lowest BCUT2D eigenvalue weighted by molar-refractivity contribution is 0.102. The second-order valence-corrected chi connectivity index (χ2v) is 4.93. The van der Waals surface area contributed by atoms with Crippen molar-refractivity contribution in [1.29, 1.82) is 0 Å². The lowest BCUT2D eigenvalue weighted by atomic mass is 10.1. The Hall–Kier alpha value is -2.33. The summed E-state index contributed by atoms with van der Waals surface area (Å²) < 4.78 is 5.40. The first-order valence-corrected chi connectivity index (χ1v) is 6.91. The molecule has 0 bridgehead atoms. The average molecular weight is 284 g/mol. The molecule has 1 amide bonds. The number of ether oxygens (including phenoxy) is 1. The predicted molar refractivity (Wildman–Crippen MR) is 84.9 cm³/mol. The number of carbonyl (C=O) groups excluding carboxylic acids is 1. The number of benzene rings is 2. The van der Waals surface area contributed by atoms with Gasteiger partial charge < -0.3 is 15.8 Å². The molecule has 0 saturated heterocycles. The summed E-state index contributed by atoms with van der Waals surface area (Å²) in [7, 11) is 0. The van der Waals surface area contributed by atoms with Gasteiger partial charge in [-0.05, 0) is 49.7 Å². The van der Waals surface area contributed by atoms with Gasteiger partial charge in [0.25, 0.3) is 5.91 Å². The largest absolute Gasteiger partial charge is 0.492 e. The lowest BCUT2D eigenvalue weighted by Gasteiger charge is -2.10. The maximum absolute atomic E-state index is 12.3. The van der Waals surface area contributed by atoms with E-state index in [0.717, 1.165) is 22.6 Å². The molecule has 4 nitrogen and oxygen atoms in total. The van der Waals surface area contributed by atoms with E-state index >= 15 is 0 Å². The van der Waals surface area contributed by atoms with E-state index in [4.69, 9.17) is 10.5 Å². The molecule has 0 aliphatic rings. The van der Waals surface area contributed by atoms with Gasteiger partial charge in [-0.25, -0.2) is 0 Å². The van der Waals surface area contributed by atoms with Crippen LogP contribution in [0.15, 0.2) is 42.5 Å². The Morgan fingerprint density at radius 2 is 1.86 bits per heavy atom. The highest BCUT2D eigenvalue weighted by Gasteiger charge is 2.09. The molecule has 2 aromatic carbocycles. The van der Waals surface area contributed by atoms with E-state index < -0.39 is 0 Å². The van der Waals surface area contributed by atoms with E-state index in [2.05, 4.69) is 5.32 Å². The molecule has 0 radical (unpaired) electrons. The van der Waals surface area contributed by atoms with E-state index in [9.17, 15) is 4.79 Å². The molecule has 3 N–H and O–H groups in total. The number of anilines is 1. The molecule has 110 valence electrons. The normalized spacial score (nSPS) is 10.2. The molecule has 0 heterocycles. The highest BCUT2D eigenvalue weighted by atomic mass is 16.5. The van der Waals surface area contributed by atoms with E-state index in [1.807, 2.05) is 56.3 Å². The molecule has 21 heavy (non-hydrogen) atoms. The number of hydrogen-bond donors (Lipinski definition) is 2. The van der Waals surface area contributed by atoms with Gasteiger partial charge in [-0.2, -0.15) is 0 Å². The minimum absolute atomic E-state index is 0.105. The van der Waals surface area contributed by atoms with Crippen LogP contribution in [0.5, 0.6) is 5.75 Å². The molecule has 0 aromatic heterocycles. The van der Waals surface area contributed by atoms with Crippen LogP contribution in [0, 0.1) is 13.8 Å². The molecule has 0 aliphatic heterocycles. The van der Waals surface area contributed by atoms with Gasteiger partial charge in [0, 0.05) is 17.8 Å². The van der Waals surface area contributed by atoms with Gasteiger partial charge in [0.05, 0.1) is 0 Å². The number of nitrogens with two attached hydrogens (primary N) is 1. The Morgan fingerprint density at radius 3 is 2.52 bits per heavy atom. The smallest absolute Gasteiger partial charge is 0.255 e. The number of nitrogens with one attached hydrogen (secondary N) is 1. The summed E-state index contributed by atoms with van der Waals surface area (Å²) >= 11 is 0. The van der Waals surface area contributed by atoms with E-state index in [-0.39, 0.29) is 5.91 Å². The standard InChI is InChI=1S/C17H20N2O2/c1-12-3-4-13(2)16(11-12)17(20)19-14-5-7-15(8-6-14)21-10-9-18/h3-8,11H,9-10,18H2,1-2H3,(H,19,20). The van der Waals surface area contributed by atoms with Crippen molar-refractivity contribution in [2.75, 3.05) is 18.5 Å². The Morgan fingerprint density at radius 1 is 1.14 bits per heavy atom. The van der Waals surface area contributed by atoms with Gasteiger partial charge in [-0.1, -0.05) is 17.7 Å². The summed E-state index contributed by atoms with van der Waals surface area (Å²) in [6.07, 6.45) is 0. The van der Waals surface area contributed by atoms with Crippen molar-refractivity contribution < 1.29 is 9.53 Å². The highest BCUT2D eigenvalue weighted by molar-refractivity contribution is 6.05. The molecular weight excluding hydrogens is 264 g/mol. The fraction of sp³-hybridized carbons (Fsp3) is 0.235. The fourth-order valence-electron chi connectivity index (χ4n) is 1.99. The molecule has 0 fully saturated rings. The zero-order chi connectivity index (χ0) is 15.2. The van der Waals surface area contributed by atoms with Crippen LogP contribution >= 0.6 is 0 Å². The molecule has 0 spiro atoms. The third-order valence-electron chi connectivity index (χ3n) is 3.14. The molecule has 2 aromatic rings. The zero-order valence-electron chi connectivity index (χ0n) is 12.3. The molecule has 4 heteroatoms. The van der Waals surface area contributed by atoms with Gasteiger partial charge in [-0.3, -0.25) is 4.79 Å². The van der Waals surface area contributed by atoms with E-state index in [0.29, 0.717) is 18.7 Å². The van der Waals surface area contributed by atoms with Crippen molar-refractivity contribution in [2.24, 2.45) is 5.73 Å². The molecule has 0 aliphatic carbocycles. The van der Waals surface area contributed by atoms with Gasteiger partial charge in [0.2, 0.25) is 0 Å². The Bertz CT molecular complexity index is 621. The van der Waals surface area contributed by atoms with Crippen LogP contribution in [0.4, 0.5) is 5.69 Å². The minimum atomic E-state index is -0.105. The van der Waals surface area contributed by atoms with Crippen molar-refractivity contribution in [1.82, 2.24) is 0 Å². The third-order valence-corrected chi connectivity index (χ3v) is 3.14. The first-order chi connectivity index (χ1) is 10.1. The van der Waals surface area contributed by atoms with Crippen LogP contribution < -0.4 is 15.8 Å². The summed E-state index contributed by atoms with van der Waals surface area (Å²) in [6.45, 7) is 4.86. The summed E-state index contributed by atoms with van der Waals surface area (Å²) in [5.74, 6) is 0.636. The molecule has 0 unspecified atom stereocenters. The molecule has 0 saturated carbocycles. The highest BCUT2D eigenvalue weighted by Crippen LogP contribution is 2.18. The van der Waals surface area contributed by atoms with E-state index in [1.54, 1.807) is 0 Å². The summed E-state index contributed by atoms with van der Waals surface area (Å²) in [5, 5.41) is 2.89. The maximum Gasteiger partial charge on any atom is 0.255 e. The van der Waals surface area contributed by atoms with Crippen LogP contribution in [0.25, 0.3) is 0 Å². The fourth-order valence-corrected chi connectivity index (χ4v) is 1.99. The first-order valence-electron chi connectivity index (χ1n) is 6.91. The van der Waals surface area contributed by atoms with Crippen LogP contribution in [-0.2, 0) is 0 Å². The average Bonchev–Trinajstić information content (AvgIpc) is 2.49. The second-order valence-electron chi connectivity index (χ2n) is 4.93. The number of carbonyl (C=O) groups is 1. The summed E-state index contributed by atoms with van der Waals surface area (Å²) in [5.41, 5.74) is 8.84. The topological polar surface area (TPSA) is 64.3 Å². The SMILES string of the molecule is Cc1ccc(C)c(C(=O)Nc2ccc(OCCN)cc2)c1. The summed E-state index contributed by atoms with van der Waals surface area (Å²) in [4.78, 5) is 12.3. The third kappa shape index (κ3) is 4.07. The van der Waals surface area contributed by atoms with Crippen LogP contribution in [0.1, 0.15) is 21.5 Å². The zero-order valence-corrected chi connectivity index (χ0v) is 12.3. The second kappa shape index (κ2) is 6.90. The van der Waals surface area contributed by atoms with Gasteiger partial charge in [0.1, 0.15) is 12.4 Å². The van der Waals surface area contributed by atoms with Crippen molar-refractivity contribution in [3.05, 3.63) is 59.2 Å². The predicted octanol–water partition coefficient (Wildman–Crippen LogP) is 2.89. The minimum Gasteiger partial charge on any atom is -0.492 e. The van der Waals surface area contributed by atoms with Crippen LogP contribution in [-0.4, -0.2) is 19.1 Å². The van der Waals surface area contributed by atoms with Gasteiger partial charge in [-0.15, -0.1) is 0 Å².